The van der Waals surface area contributed by atoms with Crippen LogP contribution in [0.25, 0.3) is 11.0 Å². The van der Waals surface area contributed by atoms with Crippen molar-refractivity contribution in [3.63, 3.8) is 0 Å². The molecule has 1 aliphatic carbocycles. The summed E-state index contributed by atoms with van der Waals surface area (Å²) in [4.78, 5) is 29.3. The number of hydrogen-bond acceptors (Lipinski definition) is 6. The third-order valence-corrected chi connectivity index (χ3v) is 8.77. The normalized spacial score (nSPS) is 31.8. The first-order valence-corrected chi connectivity index (χ1v) is 12.8. The Hall–Kier alpha value is -2.19. The Kier molecular flexibility index (Phi) is 5.74. The summed E-state index contributed by atoms with van der Waals surface area (Å²) in [6.45, 7) is 3.89. The van der Waals surface area contributed by atoms with E-state index in [-0.39, 0.29) is 0 Å². The van der Waals surface area contributed by atoms with E-state index in [2.05, 4.69) is 31.4 Å². The van der Waals surface area contributed by atoms with Crippen LogP contribution >= 0.6 is 0 Å². The first-order chi connectivity index (χ1) is 16.2. The summed E-state index contributed by atoms with van der Waals surface area (Å²) >= 11 is 0. The van der Waals surface area contributed by atoms with Crippen LogP contribution in [0, 0.1) is 5.92 Å². The number of aromatic nitrogens is 3. The second-order valence-corrected chi connectivity index (χ2v) is 10.5. The Morgan fingerprint density at radius 1 is 1.09 bits per heavy atom. The Morgan fingerprint density at radius 2 is 1.91 bits per heavy atom. The highest BCUT2D eigenvalue weighted by atomic mass is 16.5. The number of aromatic amines is 1. The van der Waals surface area contributed by atoms with Crippen molar-refractivity contribution in [3.05, 3.63) is 18.1 Å². The predicted octanol–water partition coefficient (Wildman–Crippen LogP) is 3.13. The molecule has 0 spiro atoms. The number of amides is 1. The van der Waals surface area contributed by atoms with E-state index in [1.807, 2.05) is 11.9 Å². The number of carbonyl (C=O) groups is 1. The molecule has 0 aromatic carbocycles. The van der Waals surface area contributed by atoms with Gasteiger partial charge >= 0.3 is 0 Å². The Morgan fingerprint density at radius 3 is 2.73 bits per heavy atom. The molecule has 4 fully saturated rings. The molecular formula is C25H36N6O2. The SMILES string of the molecule is CN1C(=O)C[C@H]2CN(C3CCC(Nc4ncnc5[nH]cc(C6CCOCC6)c45)CC3)CCC21. The monoisotopic (exact) mass is 452 g/mol. The van der Waals surface area contributed by atoms with E-state index in [1.165, 1.54) is 23.8 Å². The van der Waals surface area contributed by atoms with Crippen LogP contribution in [0.1, 0.15) is 62.8 Å². The van der Waals surface area contributed by atoms with E-state index in [4.69, 9.17) is 4.74 Å². The van der Waals surface area contributed by atoms with Crippen LogP contribution in [0.5, 0.6) is 0 Å². The molecule has 2 N–H and O–H groups in total. The van der Waals surface area contributed by atoms with Gasteiger partial charge in [0.1, 0.15) is 17.8 Å². The lowest BCUT2D eigenvalue weighted by Gasteiger charge is -2.43. The molecule has 3 aliphatic heterocycles. The minimum absolute atomic E-state index is 0.334. The Bertz CT molecular complexity index is 994. The third kappa shape index (κ3) is 4.01. The number of anilines is 1. The van der Waals surface area contributed by atoms with Gasteiger partial charge in [-0.2, -0.15) is 0 Å². The molecule has 1 unspecified atom stereocenters. The fraction of sp³-hybridized carbons (Fsp3) is 0.720. The number of H-pyrrole nitrogens is 1. The number of rotatable bonds is 4. The summed E-state index contributed by atoms with van der Waals surface area (Å²) in [6.07, 6.45) is 12.6. The molecule has 5 heterocycles. The molecule has 2 aromatic rings. The van der Waals surface area contributed by atoms with Gasteiger partial charge in [-0.25, -0.2) is 9.97 Å². The largest absolute Gasteiger partial charge is 0.381 e. The van der Waals surface area contributed by atoms with Crippen LogP contribution in [0.15, 0.2) is 12.5 Å². The third-order valence-electron chi connectivity index (χ3n) is 8.77. The molecule has 8 nitrogen and oxygen atoms in total. The van der Waals surface area contributed by atoms with Gasteiger partial charge in [0, 0.05) is 70.0 Å². The first kappa shape index (κ1) is 21.4. The summed E-state index contributed by atoms with van der Waals surface area (Å²) in [7, 11) is 1.99. The van der Waals surface area contributed by atoms with Crippen molar-refractivity contribution >= 4 is 22.8 Å². The zero-order valence-electron chi connectivity index (χ0n) is 19.6. The van der Waals surface area contributed by atoms with Gasteiger partial charge in [0.2, 0.25) is 5.91 Å². The fourth-order valence-electron chi connectivity index (χ4n) is 6.85. The molecule has 178 valence electrons. The zero-order valence-corrected chi connectivity index (χ0v) is 19.6. The fourth-order valence-corrected chi connectivity index (χ4v) is 6.85. The summed E-state index contributed by atoms with van der Waals surface area (Å²) in [5.41, 5.74) is 2.27. The molecule has 2 atom stereocenters. The van der Waals surface area contributed by atoms with Crippen molar-refractivity contribution in [2.75, 3.05) is 38.7 Å². The van der Waals surface area contributed by atoms with Crippen LogP contribution in [0.2, 0.25) is 0 Å². The molecule has 8 heteroatoms. The van der Waals surface area contributed by atoms with Gasteiger partial charge < -0.3 is 19.9 Å². The number of likely N-dealkylation sites (tertiary alicyclic amines) is 2. The second-order valence-electron chi connectivity index (χ2n) is 10.5. The molecule has 2 aromatic heterocycles. The molecule has 0 radical (unpaired) electrons. The molecule has 3 saturated heterocycles. The minimum Gasteiger partial charge on any atom is -0.381 e. The highest BCUT2D eigenvalue weighted by molar-refractivity contribution is 5.91. The van der Waals surface area contributed by atoms with Crippen molar-refractivity contribution in [1.82, 2.24) is 24.8 Å². The molecule has 1 saturated carbocycles. The Balaban J connectivity index is 1.10. The molecule has 6 rings (SSSR count). The topological polar surface area (TPSA) is 86.4 Å². The predicted molar refractivity (Wildman–Crippen MR) is 127 cm³/mol. The number of carbonyl (C=O) groups excluding carboxylic acids is 1. The maximum absolute atomic E-state index is 12.1. The lowest BCUT2D eigenvalue weighted by Crippen LogP contribution is -2.50. The van der Waals surface area contributed by atoms with E-state index >= 15 is 0 Å². The molecule has 0 bridgehead atoms. The van der Waals surface area contributed by atoms with E-state index in [0.29, 0.717) is 35.9 Å². The van der Waals surface area contributed by atoms with Gasteiger partial charge in [0.25, 0.3) is 0 Å². The van der Waals surface area contributed by atoms with Crippen molar-refractivity contribution in [3.8, 4) is 0 Å². The molecule has 1 amide bonds. The van der Waals surface area contributed by atoms with Gasteiger partial charge in [0.05, 0.1) is 5.39 Å². The second kappa shape index (κ2) is 8.87. The lowest BCUT2D eigenvalue weighted by molar-refractivity contribution is -0.127. The van der Waals surface area contributed by atoms with Crippen LogP contribution in [-0.2, 0) is 9.53 Å². The maximum Gasteiger partial charge on any atom is 0.222 e. The number of ether oxygens (including phenoxy) is 1. The summed E-state index contributed by atoms with van der Waals surface area (Å²) in [6, 6.07) is 1.58. The van der Waals surface area contributed by atoms with Gasteiger partial charge in [-0.1, -0.05) is 0 Å². The first-order valence-electron chi connectivity index (χ1n) is 12.8. The highest BCUT2D eigenvalue weighted by Gasteiger charge is 2.42. The highest BCUT2D eigenvalue weighted by Crippen LogP contribution is 2.37. The van der Waals surface area contributed by atoms with Crippen LogP contribution in [-0.4, -0.2) is 82.1 Å². The van der Waals surface area contributed by atoms with Gasteiger partial charge in [-0.05, 0) is 56.4 Å². The number of hydrogen-bond donors (Lipinski definition) is 2. The number of fused-ring (bicyclic) bond motifs is 2. The smallest absolute Gasteiger partial charge is 0.222 e. The van der Waals surface area contributed by atoms with Crippen molar-refractivity contribution in [2.45, 2.75) is 75.4 Å². The van der Waals surface area contributed by atoms with Gasteiger partial charge in [0.15, 0.2) is 0 Å². The number of piperidine rings is 1. The average molecular weight is 453 g/mol. The minimum atomic E-state index is 0.334. The van der Waals surface area contributed by atoms with Crippen molar-refractivity contribution < 1.29 is 9.53 Å². The quantitative estimate of drug-likeness (QED) is 0.741. The maximum atomic E-state index is 12.1. The van der Waals surface area contributed by atoms with Crippen LogP contribution < -0.4 is 5.32 Å². The van der Waals surface area contributed by atoms with E-state index < -0.39 is 0 Å². The average Bonchev–Trinajstić information content (AvgIpc) is 3.41. The zero-order chi connectivity index (χ0) is 22.4. The van der Waals surface area contributed by atoms with Gasteiger partial charge in [-0.15, -0.1) is 0 Å². The van der Waals surface area contributed by atoms with E-state index in [9.17, 15) is 4.79 Å². The number of nitrogens with one attached hydrogen (secondary N) is 2. The lowest BCUT2D eigenvalue weighted by atomic mass is 9.86. The van der Waals surface area contributed by atoms with E-state index in [1.54, 1.807) is 6.33 Å². The van der Waals surface area contributed by atoms with Crippen molar-refractivity contribution in [1.29, 1.82) is 0 Å². The van der Waals surface area contributed by atoms with Crippen molar-refractivity contribution in [2.24, 2.45) is 5.92 Å². The van der Waals surface area contributed by atoms with E-state index in [0.717, 1.165) is 76.3 Å². The van der Waals surface area contributed by atoms with Crippen LogP contribution in [0.4, 0.5) is 5.82 Å². The molecule has 33 heavy (non-hydrogen) atoms. The standard InChI is InChI=1S/C25H36N6O2/c1-30-21-6-9-31(14-17(21)12-22(30)32)19-4-2-18(3-5-19)29-25-23-20(16-7-10-33-11-8-16)13-26-24(23)27-15-28-25/h13,15-19,21H,2-12,14H2,1H3,(H2,26,27,28,29)/t17-,18?,19?,21?/m0/s1. The van der Waals surface area contributed by atoms with Gasteiger partial charge in [-0.3, -0.25) is 9.69 Å². The molecular weight excluding hydrogens is 416 g/mol. The summed E-state index contributed by atoms with van der Waals surface area (Å²) < 4.78 is 5.58. The molecule has 4 aliphatic rings. The summed E-state index contributed by atoms with van der Waals surface area (Å²) in [5, 5.41) is 4.96. The number of nitrogens with zero attached hydrogens (tertiary/aromatic N) is 4. The Labute approximate surface area is 195 Å². The summed E-state index contributed by atoms with van der Waals surface area (Å²) in [5.74, 6) is 2.36. The van der Waals surface area contributed by atoms with Crippen LogP contribution in [0.3, 0.4) is 0 Å².